The van der Waals surface area contributed by atoms with Crippen molar-refractivity contribution >= 4 is 10.0 Å². The summed E-state index contributed by atoms with van der Waals surface area (Å²) in [5, 5.41) is 9.80. The monoisotopic (exact) mass is 353 g/mol. The first-order valence-corrected chi connectivity index (χ1v) is 8.60. The van der Waals surface area contributed by atoms with Crippen LogP contribution in [0.15, 0.2) is 24.3 Å². The number of sulfonamides is 1. The molecule has 1 fully saturated rings. The molecule has 0 bridgehead atoms. The van der Waals surface area contributed by atoms with Crippen molar-refractivity contribution in [1.29, 1.82) is 0 Å². The van der Waals surface area contributed by atoms with Crippen LogP contribution in [0.4, 0.5) is 13.2 Å². The number of alkyl halides is 3. The zero-order valence-electron chi connectivity index (χ0n) is 12.5. The van der Waals surface area contributed by atoms with E-state index in [2.05, 4.69) is 0 Å². The summed E-state index contributed by atoms with van der Waals surface area (Å²) in [6.07, 6.45) is -5.66. The molecule has 0 aromatic heterocycles. The van der Waals surface area contributed by atoms with Gasteiger partial charge in [0.15, 0.2) is 0 Å². The number of aliphatic hydroxyl groups is 1. The summed E-state index contributed by atoms with van der Waals surface area (Å²) >= 11 is 0. The predicted molar refractivity (Wildman–Crippen MR) is 77.2 cm³/mol. The van der Waals surface area contributed by atoms with Crippen molar-refractivity contribution in [2.24, 2.45) is 0 Å². The maximum absolute atomic E-state index is 13.2. The number of rotatable bonds is 5. The van der Waals surface area contributed by atoms with Gasteiger partial charge in [-0.15, -0.1) is 0 Å². The lowest BCUT2D eigenvalue weighted by Gasteiger charge is -2.26. The summed E-state index contributed by atoms with van der Waals surface area (Å²) < 4.78 is 69.9. The van der Waals surface area contributed by atoms with Crippen LogP contribution in [0.5, 0.6) is 0 Å². The first-order chi connectivity index (χ1) is 10.7. The van der Waals surface area contributed by atoms with Gasteiger partial charge in [0.1, 0.15) is 0 Å². The summed E-state index contributed by atoms with van der Waals surface area (Å²) in [5.74, 6) is -0.346. The molecule has 1 heterocycles. The van der Waals surface area contributed by atoms with Crippen molar-refractivity contribution in [2.45, 2.75) is 24.7 Å². The Labute approximate surface area is 132 Å². The highest BCUT2D eigenvalue weighted by Crippen LogP contribution is 2.41. The maximum atomic E-state index is 13.2. The summed E-state index contributed by atoms with van der Waals surface area (Å²) in [5.41, 5.74) is -1.02. The summed E-state index contributed by atoms with van der Waals surface area (Å²) in [6, 6.07) is 3.81. The number of hydrogen-bond donors (Lipinski definition) is 1. The molecule has 1 saturated heterocycles. The summed E-state index contributed by atoms with van der Waals surface area (Å²) in [7, 11) is -2.50. The minimum Gasteiger partial charge on any atom is -0.392 e. The topological polar surface area (TPSA) is 66.8 Å². The van der Waals surface area contributed by atoms with Crippen LogP contribution in [0.3, 0.4) is 0 Å². The summed E-state index contributed by atoms with van der Waals surface area (Å²) in [6.45, 7) is -0.286. The number of aliphatic hydroxyl groups excluding tert-OH is 1. The highest BCUT2D eigenvalue weighted by atomic mass is 32.2. The van der Waals surface area contributed by atoms with E-state index in [-0.39, 0.29) is 30.9 Å². The highest BCUT2D eigenvalue weighted by molar-refractivity contribution is 7.89. The van der Waals surface area contributed by atoms with Crippen LogP contribution >= 0.6 is 0 Å². The van der Waals surface area contributed by atoms with Crippen molar-refractivity contribution in [3.63, 3.8) is 0 Å². The average molecular weight is 353 g/mol. The third kappa shape index (κ3) is 4.03. The van der Waals surface area contributed by atoms with Gasteiger partial charge in [0.25, 0.3) is 0 Å². The minimum absolute atomic E-state index is 0.0669. The van der Waals surface area contributed by atoms with E-state index in [1.54, 1.807) is 0 Å². The number of β-amino-alcohol motifs (C(OH)–C–C–N with tert-alkyl or cyclic N) is 1. The molecular weight excluding hydrogens is 335 g/mol. The Morgan fingerprint density at radius 1 is 1.35 bits per heavy atom. The van der Waals surface area contributed by atoms with Crippen LogP contribution < -0.4 is 0 Å². The van der Waals surface area contributed by atoms with Crippen molar-refractivity contribution in [1.82, 2.24) is 4.31 Å². The Kier molecular flexibility index (Phi) is 5.34. The molecule has 2 atom stereocenters. The molecule has 1 aliphatic heterocycles. The number of halogens is 3. The highest BCUT2D eigenvalue weighted by Gasteiger charge is 2.43. The van der Waals surface area contributed by atoms with Gasteiger partial charge in [-0.05, 0) is 18.1 Å². The molecule has 9 heteroatoms. The van der Waals surface area contributed by atoms with Crippen molar-refractivity contribution in [2.75, 3.05) is 26.0 Å². The Morgan fingerprint density at radius 2 is 2.00 bits per heavy atom. The predicted octanol–water partition coefficient (Wildman–Crippen LogP) is 1.79. The van der Waals surface area contributed by atoms with Gasteiger partial charge in [-0.1, -0.05) is 18.2 Å². The van der Waals surface area contributed by atoms with Crippen molar-refractivity contribution < 1.29 is 31.4 Å². The molecule has 0 radical (unpaired) electrons. The van der Waals surface area contributed by atoms with Gasteiger partial charge < -0.3 is 9.84 Å². The maximum Gasteiger partial charge on any atom is 0.416 e. The first kappa shape index (κ1) is 18.2. The van der Waals surface area contributed by atoms with Crippen LogP contribution in [-0.4, -0.2) is 49.9 Å². The Bertz CT molecular complexity index is 648. The fourth-order valence-electron chi connectivity index (χ4n) is 2.73. The normalized spacial score (nSPS) is 23.3. The standard InChI is InChI=1S/C14H18F3NO4S/c1-22-6-7-23(20,21)18-9-10(19)8-13(18)11-4-2-3-5-12(11)14(15,16)17/h2-5,10,13,19H,6-9H2,1H3/t10-,13+/m0/s1. The van der Waals surface area contributed by atoms with E-state index in [1.165, 1.54) is 25.3 Å². The fourth-order valence-corrected chi connectivity index (χ4v) is 4.32. The largest absolute Gasteiger partial charge is 0.416 e. The number of ether oxygens (including phenoxy) is 1. The molecule has 0 saturated carbocycles. The van der Waals surface area contributed by atoms with Crippen LogP contribution in [-0.2, 0) is 20.9 Å². The lowest BCUT2D eigenvalue weighted by Crippen LogP contribution is -2.35. The molecule has 0 aliphatic carbocycles. The van der Waals surface area contributed by atoms with Crippen LogP contribution in [0.1, 0.15) is 23.6 Å². The Balaban J connectivity index is 2.42. The van der Waals surface area contributed by atoms with E-state index in [0.717, 1.165) is 10.4 Å². The van der Waals surface area contributed by atoms with Gasteiger partial charge in [0.2, 0.25) is 10.0 Å². The number of hydrogen-bond acceptors (Lipinski definition) is 4. The zero-order valence-corrected chi connectivity index (χ0v) is 13.3. The van der Waals surface area contributed by atoms with Gasteiger partial charge in [-0.2, -0.15) is 17.5 Å². The second kappa shape index (κ2) is 6.76. The van der Waals surface area contributed by atoms with Crippen LogP contribution in [0.2, 0.25) is 0 Å². The number of benzene rings is 1. The molecular formula is C14H18F3NO4S. The first-order valence-electron chi connectivity index (χ1n) is 6.99. The van der Waals surface area contributed by atoms with E-state index in [9.17, 15) is 26.7 Å². The van der Waals surface area contributed by atoms with Crippen LogP contribution in [0, 0.1) is 0 Å². The van der Waals surface area contributed by atoms with Gasteiger partial charge in [0, 0.05) is 13.7 Å². The quantitative estimate of drug-likeness (QED) is 0.876. The zero-order chi connectivity index (χ0) is 17.3. The van der Waals surface area contributed by atoms with Gasteiger partial charge in [-0.3, -0.25) is 0 Å². The molecule has 23 heavy (non-hydrogen) atoms. The third-order valence-corrected chi connectivity index (χ3v) is 5.56. The van der Waals surface area contributed by atoms with E-state index >= 15 is 0 Å². The molecule has 1 aromatic carbocycles. The van der Waals surface area contributed by atoms with E-state index in [4.69, 9.17) is 4.74 Å². The lowest BCUT2D eigenvalue weighted by atomic mass is 9.98. The van der Waals surface area contributed by atoms with E-state index in [1.807, 2.05) is 0 Å². The molecule has 130 valence electrons. The Hall–Kier alpha value is -1.16. The second-order valence-electron chi connectivity index (χ2n) is 5.37. The molecule has 0 spiro atoms. The minimum atomic E-state index is -4.59. The fraction of sp³-hybridized carbons (Fsp3) is 0.571. The van der Waals surface area contributed by atoms with Crippen molar-refractivity contribution in [3.05, 3.63) is 35.4 Å². The molecule has 0 unspecified atom stereocenters. The van der Waals surface area contributed by atoms with Gasteiger partial charge in [-0.25, -0.2) is 8.42 Å². The lowest BCUT2D eigenvalue weighted by molar-refractivity contribution is -0.138. The summed E-state index contributed by atoms with van der Waals surface area (Å²) in [4.78, 5) is 0. The molecule has 1 aliphatic rings. The average Bonchev–Trinajstić information content (AvgIpc) is 2.87. The molecule has 5 nitrogen and oxygen atoms in total. The van der Waals surface area contributed by atoms with E-state index < -0.39 is 33.9 Å². The van der Waals surface area contributed by atoms with Gasteiger partial charge >= 0.3 is 6.18 Å². The molecule has 1 N–H and O–H groups in total. The third-order valence-electron chi connectivity index (χ3n) is 3.76. The molecule has 2 rings (SSSR count). The van der Waals surface area contributed by atoms with Gasteiger partial charge in [0.05, 0.1) is 30.1 Å². The second-order valence-corrected chi connectivity index (χ2v) is 7.41. The molecule has 1 aromatic rings. The molecule has 0 amide bonds. The smallest absolute Gasteiger partial charge is 0.392 e. The SMILES string of the molecule is COCCS(=O)(=O)N1C[C@@H](O)C[C@@H]1c1ccccc1C(F)(F)F. The van der Waals surface area contributed by atoms with Crippen LogP contribution in [0.25, 0.3) is 0 Å². The Morgan fingerprint density at radius 3 is 2.61 bits per heavy atom. The number of nitrogens with zero attached hydrogens (tertiary/aromatic N) is 1. The number of methoxy groups -OCH3 is 1. The van der Waals surface area contributed by atoms with E-state index in [0.29, 0.717) is 0 Å². The van der Waals surface area contributed by atoms with Crippen molar-refractivity contribution in [3.8, 4) is 0 Å².